The van der Waals surface area contributed by atoms with Gasteiger partial charge in [0.05, 0.1) is 22.6 Å². The van der Waals surface area contributed by atoms with E-state index in [1.807, 2.05) is 25.1 Å². The van der Waals surface area contributed by atoms with Gasteiger partial charge in [0.2, 0.25) is 5.91 Å². The van der Waals surface area contributed by atoms with E-state index in [2.05, 4.69) is 0 Å². The van der Waals surface area contributed by atoms with Crippen molar-refractivity contribution in [3.8, 4) is 0 Å². The van der Waals surface area contributed by atoms with Crippen LogP contribution in [0, 0.1) is 0 Å². The minimum absolute atomic E-state index is 0.0767. The lowest BCUT2D eigenvalue weighted by molar-refractivity contribution is -0.119. The van der Waals surface area contributed by atoms with E-state index in [-0.39, 0.29) is 23.0 Å². The number of para-hydroxylation sites is 1. The number of carbonyl (C=O) groups is 1. The van der Waals surface area contributed by atoms with Crippen LogP contribution in [0.2, 0.25) is 5.02 Å². The molecule has 3 nitrogen and oxygen atoms in total. The smallest absolute Gasteiger partial charge is 0.240 e. The molecule has 1 aliphatic heterocycles. The fourth-order valence-corrected chi connectivity index (χ4v) is 3.63. The highest BCUT2D eigenvalue weighted by atomic mass is 35.5. The average molecular weight is 300 g/mol. The van der Waals surface area contributed by atoms with Crippen molar-refractivity contribution in [2.45, 2.75) is 30.3 Å². The van der Waals surface area contributed by atoms with Crippen molar-refractivity contribution in [2.75, 3.05) is 18.1 Å². The van der Waals surface area contributed by atoms with Crippen molar-refractivity contribution in [1.82, 2.24) is 0 Å². The summed E-state index contributed by atoms with van der Waals surface area (Å²) in [5, 5.41) is 9.73. The SMILES string of the molecule is C[C@H](CO)S[C@H]1CCCN(c2ccccc2Cl)C1=O. The van der Waals surface area contributed by atoms with Crippen LogP contribution < -0.4 is 4.90 Å². The van der Waals surface area contributed by atoms with Gasteiger partial charge in [-0.25, -0.2) is 0 Å². The molecular formula is C14H18ClNO2S. The second-order valence-electron chi connectivity index (χ2n) is 4.70. The molecule has 1 aromatic rings. The molecule has 0 radical (unpaired) electrons. The summed E-state index contributed by atoms with van der Waals surface area (Å²) < 4.78 is 0. The molecule has 1 saturated heterocycles. The van der Waals surface area contributed by atoms with E-state index >= 15 is 0 Å². The van der Waals surface area contributed by atoms with Crippen molar-refractivity contribution in [3.05, 3.63) is 29.3 Å². The van der Waals surface area contributed by atoms with Gasteiger partial charge in [0.15, 0.2) is 0 Å². The van der Waals surface area contributed by atoms with E-state index < -0.39 is 0 Å². The fraction of sp³-hybridized carbons (Fsp3) is 0.500. The maximum Gasteiger partial charge on any atom is 0.240 e. The summed E-state index contributed by atoms with van der Waals surface area (Å²) in [7, 11) is 0. The summed E-state index contributed by atoms with van der Waals surface area (Å²) in [6, 6.07) is 7.43. The lowest BCUT2D eigenvalue weighted by atomic mass is 10.1. The van der Waals surface area contributed by atoms with Gasteiger partial charge in [0.25, 0.3) is 0 Å². The van der Waals surface area contributed by atoms with Crippen LogP contribution in [0.25, 0.3) is 0 Å². The lowest BCUT2D eigenvalue weighted by Gasteiger charge is -2.33. The van der Waals surface area contributed by atoms with Crippen molar-refractivity contribution in [1.29, 1.82) is 0 Å². The molecule has 1 aliphatic rings. The van der Waals surface area contributed by atoms with Crippen LogP contribution in [0.5, 0.6) is 0 Å². The molecule has 1 N–H and O–H groups in total. The fourth-order valence-electron chi connectivity index (χ4n) is 2.20. The zero-order valence-electron chi connectivity index (χ0n) is 10.9. The largest absolute Gasteiger partial charge is 0.395 e. The second-order valence-corrected chi connectivity index (χ2v) is 6.75. The number of amides is 1. The van der Waals surface area contributed by atoms with Gasteiger partial charge >= 0.3 is 0 Å². The van der Waals surface area contributed by atoms with Gasteiger partial charge in [-0.05, 0) is 25.0 Å². The third-order valence-electron chi connectivity index (χ3n) is 3.19. The third kappa shape index (κ3) is 3.44. The van der Waals surface area contributed by atoms with Crippen molar-refractivity contribution >= 4 is 35.0 Å². The zero-order chi connectivity index (χ0) is 13.8. The van der Waals surface area contributed by atoms with Gasteiger partial charge in [0, 0.05) is 11.8 Å². The minimum Gasteiger partial charge on any atom is -0.395 e. The number of carbonyl (C=O) groups excluding carboxylic acids is 1. The molecule has 104 valence electrons. The van der Waals surface area contributed by atoms with Crippen LogP contribution in [0.4, 0.5) is 5.69 Å². The van der Waals surface area contributed by atoms with Gasteiger partial charge in [-0.1, -0.05) is 30.7 Å². The zero-order valence-corrected chi connectivity index (χ0v) is 12.5. The molecule has 0 spiro atoms. The predicted molar refractivity (Wildman–Crippen MR) is 81.0 cm³/mol. The molecule has 0 aromatic heterocycles. The Hall–Kier alpha value is -0.710. The van der Waals surface area contributed by atoms with Crippen molar-refractivity contribution < 1.29 is 9.90 Å². The Kier molecular flexibility index (Phi) is 5.13. The Morgan fingerprint density at radius 3 is 2.95 bits per heavy atom. The molecule has 2 rings (SSSR count). The Labute approximate surface area is 122 Å². The molecule has 1 fully saturated rings. The molecule has 1 aromatic carbocycles. The van der Waals surface area contributed by atoms with Crippen LogP contribution in [-0.2, 0) is 4.79 Å². The van der Waals surface area contributed by atoms with Gasteiger partial charge in [-0.3, -0.25) is 4.79 Å². The molecule has 0 aliphatic carbocycles. The molecule has 5 heteroatoms. The van der Waals surface area contributed by atoms with Crippen LogP contribution in [0.15, 0.2) is 24.3 Å². The Morgan fingerprint density at radius 2 is 2.26 bits per heavy atom. The number of nitrogens with zero attached hydrogens (tertiary/aromatic N) is 1. The number of halogens is 1. The van der Waals surface area contributed by atoms with Crippen LogP contribution in [-0.4, -0.2) is 34.7 Å². The van der Waals surface area contributed by atoms with Crippen molar-refractivity contribution in [3.63, 3.8) is 0 Å². The normalized spacial score (nSPS) is 21.5. The van der Waals surface area contributed by atoms with E-state index in [0.717, 1.165) is 18.5 Å². The first-order valence-electron chi connectivity index (χ1n) is 6.45. The standard InChI is InChI=1S/C14H18ClNO2S/c1-10(9-17)19-13-7-4-8-16(14(13)18)12-6-3-2-5-11(12)15/h2-3,5-6,10,13,17H,4,7-9H2,1H3/t10-,13+/m1/s1. The first kappa shape index (κ1) is 14.7. The number of aliphatic hydroxyl groups excluding tert-OH is 1. The number of rotatable bonds is 4. The monoisotopic (exact) mass is 299 g/mol. The Bertz CT molecular complexity index is 455. The van der Waals surface area contributed by atoms with Crippen LogP contribution in [0.1, 0.15) is 19.8 Å². The highest BCUT2D eigenvalue weighted by molar-refractivity contribution is 8.01. The van der Waals surface area contributed by atoms with Gasteiger partial charge in [-0.2, -0.15) is 0 Å². The highest BCUT2D eigenvalue weighted by Gasteiger charge is 2.31. The number of thioether (sulfide) groups is 1. The molecule has 19 heavy (non-hydrogen) atoms. The number of aliphatic hydroxyl groups is 1. The van der Waals surface area contributed by atoms with E-state index in [1.165, 1.54) is 0 Å². The summed E-state index contributed by atoms with van der Waals surface area (Å²) in [6.07, 6.45) is 1.83. The Morgan fingerprint density at radius 1 is 1.53 bits per heavy atom. The van der Waals surface area contributed by atoms with Crippen molar-refractivity contribution in [2.24, 2.45) is 0 Å². The maximum absolute atomic E-state index is 12.5. The number of anilines is 1. The van der Waals surface area contributed by atoms with Gasteiger partial charge in [-0.15, -0.1) is 11.8 Å². The molecule has 0 bridgehead atoms. The van der Waals surface area contributed by atoms with E-state index in [4.69, 9.17) is 16.7 Å². The van der Waals surface area contributed by atoms with Crippen LogP contribution in [0.3, 0.4) is 0 Å². The second kappa shape index (κ2) is 6.64. The van der Waals surface area contributed by atoms with Gasteiger partial charge < -0.3 is 10.0 Å². The predicted octanol–water partition coefficient (Wildman–Crippen LogP) is 2.95. The molecular weight excluding hydrogens is 282 g/mol. The lowest BCUT2D eigenvalue weighted by Crippen LogP contribution is -2.43. The molecule has 0 unspecified atom stereocenters. The van der Waals surface area contributed by atoms with E-state index in [9.17, 15) is 4.79 Å². The molecule has 1 heterocycles. The number of hydrogen-bond donors (Lipinski definition) is 1. The summed E-state index contributed by atoms with van der Waals surface area (Å²) in [5.74, 6) is 0.102. The van der Waals surface area contributed by atoms with Gasteiger partial charge in [0.1, 0.15) is 0 Å². The summed E-state index contributed by atoms with van der Waals surface area (Å²) in [5.41, 5.74) is 0.788. The summed E-state index contributed by atoms with van der Waals surface area (Å²) >= 11 is 7.71. The van der Waals surface area contributed by atoms with E-state index in [0.29, 0.717) is 11.6 Å². The van der Waals surface area contributed by atoms with E-state index in [1.54, 1.807) is 22.7 Å². The third-order valence-corrected chi connectivity index (χ3v) is 4.89. The molecule has 2 atom stereocenters. The number of piperidine rings is 1. The highest BCUT2D eigenvalue weighted by Crippen LogP contribution is 2.33. The maximum atomic E-state index is 12.5. The topological polar surface area (TPSA) is 40.5 Å². The quantitative estimate of drug-likeness (QED) is 0.929. The average Bonchev–Trinajstić information content (AvgIpc) is 2.42. The summed E-state index contributed by atoms with van der Waals surface area (Å²) in [6.45, 7) is 2.75. The number of hydrogen-bond acceptors (Lipinski definition) is 3. The summed E-state index contributed by atoms with van der Waals surface area (Å²) in [4.78, 5) is 14.3. The minimum atomic E-state index is -0.0767. The first-order chi connectivity index (χ1) is 9.13. The first-order valence-corrected chi connectivity index (χ1v) is 7.77. The Balaban J connectivity index is 2.14. The number of benzene rings is 1. The van der Waals surface area contributed by atoms with Crippen LogP contribution >= 0.6 is 23.4 Å². The molecule has 0 saturated carbocycles. The molecule has 1 amide bonds.